The molecule has 39 heavy (non-hydrogen) atoms. The summed E-state index contributed by atoms with van der Waals surface area (Å²) in [5, 5.41) is 3.15. The smallest absolute Gasteiger partial charge is 0.264 e. The van der Waals surface area contributed by atoms with E-state index in [1.165, 1.54) is 59.5 Å². The minimum Gasteiger partial charge on any atom is -0.354 e. The lowest BCUT2D eigenvalue weighted by Gasteiger charge is -2.33. The summed E-state index contributed by atoms with van der Waals surface area (Å²) in [5.74, 6) is -1.42. The third-order valence-corrected chi connectivity index (χ3v) is 8.53. The zero-order valence-electron chi connectivity index (χ0n) is 21.6. The summed E-state index contributed by atoms with van der Waals surface area (Å²) in [6.45, 7) is 3.45. The fourth-order valence-electron chi connectivity index (χ4n) is 3.96. The monoisotopic (exact) mass is 593 g/mol. The van der Waals surface area contributed by atoms with Gasteiger partial charge in [-0.1, -0.05) is 67.4 Å². The quantitative estimate of drug-likeness (QED) is 0.293. The predicted octanol–water partition coefficient (Wildman–Crippen LogP) is 5.66. The van der Waals surface area contributed by atoms with Gasteiger partial charge in [-0.2, -0.15) is 0 Å². The standard InChI is InChI=1S/C28H30Cl2FN3O4S/c1-3-16-32-28(36)26(4-2)33(18-20-10-12-21(31)13-11-20)27(35)19-34(22-14-15-24(29)25(30)17-22)39(37,38)23-8-6-5-7-9-23/h5-15,17,26H,3-4,16,18-19H2,1-2H3,(H,32,36)/t26-/m1/s1. The van der Waals surface area contributed by atoms with Gasteiger partial charge in [0.05, 0.1) is 20.6 Å². The molecule has 0 saturated carbocycles. The number of hydrogen-bond acceptors (Lipinski definition) is 4. The van der Waals surface area contributed by atoms with E-state index in [4.69, 9.17) is 23.2 Å². The molecule has 0 saturated heterocycles. The second kappa shape index (κ2) is 13.8. The van der Waals surface area contributed by atoms with Crippen molar-refractivity contribution in [2.45, 2.75) is 44.2 Å². The number of sulfonamides is 1. The molecule has 0 unspecified atom stereocenters. The van der Waals surface area contributed by atoms with Crippen LogP contribution in [-0.2, 0) is 26.2 Å². The van der Waals surface area contributed by atoms with Crippen molar-refractivity contribution in [2.75, 3.05) is 17.4 Å². The summed E-state index contributed by atoms with van der Waals surface area (Å²) >= 11 is 12.3. The Balaban J connectivity index is 2.06. The van der Waals surface area contributed by atoms with Crippen LogP contribution in [0.1, 0.15) is 32.3 Å². The number of nitrogens with one attached hydrogen (secondary N) is 1. The second-order valence-corrected chi connectivity index (χ2v) is 11.5. The average molecular weight is 595 g/mol. The largest absolute Gasteiger partial charge is 0.354 e. The molecular formula is C28H30Cl2FN3O4S. The van der Waals surface area contributed by atoms with Gasteiger partial charge in [0, 0.05) is 13.1 Å². The summed E-state index contributed by atoms with van der Waals surface area (Å²) in [5.41, 5.74) is 0.713. The Kier molecular flexibility index (Phi) is 10.7. The number of anilines is 1. The lowest BCUT2D eigenvalue weighted by atomic mass is 10.1. The third kappa shape index (κ3) is 7.71. The van der Waals surface area contributed by atoms with Crippen LogP contribution in [0.15, 0.2) is 77.7 Å². The van der Waals surface area contributed by atoms with Crippen LogP contribution in [-0.4, -0.2) is 44.3 Å². The molecule has 3 aromatic rings. The zero-order chi connectivity index (χ0) is 28.6. The number of carbonyl (C=O) groups is 2. The average Bonchev–Trinajstić information content (AvgIpc) is 2.93. The molecule has 2 amide bonds. The molecule has 3 aromatic carbocycles. The molecule has 1 atom stereocenters. The van der Waals surface area contributed by atoms with Crippen molar-refractivity contribution >= 4 is 50.7 Å². The molecular weight excluding hydrogens is 564 g/mol. The highest BCUT2D eigenvalue weighted by Crippen LogP contribution is 2.31. The molecule has 1 N–H and O–H groups in total. The first-order valence-electron chi connectivity index (χ1n) is 12.4. The minimum absolute atomic E-state index is 0.0262. The van der Waals surface area contributed by atoms with E-state index in [1.807, 2.05) is 6.92 Å². The van der Waals surface area contributed by atoms with E-state index in [0.29, 0.717) is 18.5 Å². The molecule has 3 rings (SSSR count). The van der Waals surface area contributed by atoms with Crippen LogP contribution in [0.5, 0.6) is 0 Å². The fourth-order valence-corrected chi connectivity index (χ4v) is 5.68. The number of carbonyl (C=O) groups excluding carboxylic acids is 2. The van der Waals surface area contributed by atoms with Crippen LogP contribution in [0.25, 0.3) is 0 Å². The summed E-state index contributed by atoms with van der Waals surface area (Å²) in [6, 6.07) is 16.6. The van der Waals surface area contributed by atoms with E-state index >= 15 is 0 Å². The van der Waals surface area contributed by atoms with Crippen molar-refractivity contribution < 1.29 is 22.4 Å². The van der Waals surface area contributed by atoms with E-state index in [9.17, 15) is 22.4 Å². The van der Waals surface area contributed by atoms with Crippen LogP contribution >= 0.6 is 23.2 Å². The Morgan fingerprint density at radius 2 is 1.62 bits per heavy atom. The second-order valence-electron chi connectivity index (χ2n) is 8.79. The molecule has 0 fully saturated rings. The first-order chi connectivity index (χ1) is 18.6. The summed E-state index contributed by atoms with van der Waals surface area (Å²) < 4.78 is 42.0. The van der Waals surface area contributed by atoms with Gasteiger partial charge in [0.2, 0.25) is 11.8 Å². The Labute approximate surface area is 238 Å². The van der Waals surface area contributed by atoms with Crippen molar-refractivity contribution in [3.8, 4) is 0 Å². The van der Waals surface area contributed by atoms with Crippen molar-refractivity contribution in [3.05, 3.63) is 94.2 Å². The fraction of sp³-hybridized carbons (Fsp3) is 0.286. The van der Waals surface area contributed by atoms with Gasteiger partial charge in [0.1, 0.15) is 18.4 Å². The van der Waals surface area contributed by atoms with Crippen molar-refractivity contribution in [2.24, 2.45) is 0 Å². The first kappa shape index (κ1) is 30.4. The Bertz CT molecular complexity index is 1390. The summed E-state index contributed by atoms with van der Waals surface area (Å²) in [7, 11) is -4.22. The van der Waals surface area contributed by atoms with Gasteiger partial charge in [-0.05, 0) is 60.9 Å². The van der Waals surface area contributed by atoms with Crippen LogP contribution < -0.4 is 9.62 Å². The number of hydrogen-bond donors (Lipinski definition) is 1. The summed E-state index contributed by atoms with van der Waals surface area (Å²) in [4.78, 5) is 28.3. The van der Waals surface area contributed by atoms with E-state index in [-0.39, 0.29) is 39.5 Å². The third-order valence-electron chi connectivity index (χ3n) is 6.00. The highest BCUT2D eigenvalue weighted by molar-refractivity contribution is 7.92. The van der Waals surface area contributed by atoms with Crippen LogP contribution in [0.2, 0.25) is 10.0 Å². The number of benzene rings is 3. The Morgan fingerprint density at radius 1 is 0.949 bits per heavy atom. The van der Waals surface area contributed by atoms with Gasteiger partial charge in [-0.25, -0.2) is 12.8 Å². The van der Waals surface area contributed by atoms with Crippen LogP contribution in [0.4, 0.5) is 10.1 Å². The van der Waals surface area contributed by atoms with E-state index in [1.54, 1.807) is 25.1 Å². The van der Waals surface area contributed by atoms with Crippen molar-refractivity contribution in [1.29, 1.82) is 0 Å². The zero-order valence-corrected chi connectivity index (χ0v) is 23.9. The van der Waals surface area contributed by atoms with E-state index < -0.39 is 34.3 Å². The van der Waals surface area contributed by atoms with Crippen LogP contribution in [0.3, 0.4) is 0 Å². The van der Waals surface area contributed by atoms with Crippen LogP contribution in [0, 0.1) is 5.82 Å². The number of amides is 2. The minimum atomic E-state index is -4.22. The highest BCUT2D eigenvalue weighted by Gasteiger charge is 2.33. The Morgan fingerprint density at radius 3 is 2.21 bits per heavy atom. The summed E-state index contributed by atoms with van der Waals surface area (Å²) in [6.07, 6.45) is 0.981. The van der Waals surface area contributed by atoms with Gasteiger partial charge in [-0.3, -0.25) is 13.9 Å². The highest BCUT2D eigenvalue weighted by atomic mass is 35.5. The molecule has 0 radical (unpaired) electrons. The molecule has 0 aliphatic carbocycles. The van der Waals surface area contributed by atoms with Gasteiger partial charge in [-0.15, -0.1) is 0 Å². The van der Waals surface area contributed by atoms with E-state index in [2.05, 4.69) is 5.32 Å². The maximum absolute atomic E-state index is 13.9. The molecule has 208 valence electrons. The van der Waals surface area contributed by atoms with E-state index in [0.717, 1.165) is 4.31 Å². The Hall–Kier alpha value is -3.14. The molecule has 0 bridgehead atoms. The topological polar surface area (TPSA) is 86.8 Å². The lowest BCUT2D eigenvalue weighted by molar-refractivity contribution is -0.140. The maximum Gasteiger partial charge on any atom is 0.264 e. The van der Waals surface area contributed by atoms with Crippen molar-refractivity contribution in [1.82, 2.24) is 10.2 Å². The molecule has 0 heterocycles. The normalized spacial score (nSPS) is 12.0. The number of halogens is 3. The number of nitrogens with zero attached hydrogens (tertiary/aromatic N) is 2. The molecule has 0 aliphatic rings. The molecule has 7 nitrogen and oxygen atoms in total. The van der Waals surface area contributed by atoms with Gasteiger partial charge < -0.3 is 10.2 Å². The molecule has 0 spiro atoms. The van der Waals surface area contributed by atoms with Gasteiger partial charge in [0.15, 0.2) is 0 Å². The van der Waals surface area contributed by atoms with Gasteiger partial charge in [0.25, 0.3) is 10.0 Å². The lowest BCUT2D eigenvalue weighted by Crippen LogP contribution is -2.52. The number of rotatable bonds is 12. The van der Waals surface area contributed by atoms with Crippen molar-refractivity contribution in [3.63, 3.8) is 0 Å². The molecule has 0 aromatic heterocycles. The maximum atomic E-state index is 13.9. The molecule has 0 aliphatic heterocycles. The first-order valence-corrected chi connectivity index (χ1v) is 14.6. The predicted molar refractivity (Wildman–Crippen MR) is 152 cm³/mol. The SMILES string of the molecule is CCCNC(=O)[C@@H](CC)N(Cc1ccc(F)cc1)C(=O)CN(c1ccc(Cl)c(Cl)c1)S(=O)(=O)c1ccccc1. The molecule has 11 heteroatoms. The van der Waals surface area contributed by atoms with Gasteiger partial charge >= 0.3 is 0 Å².